The Kier molecular flexibility index (Phi) is 6.87. The lowest BCUT2D eigenvalue weighted by Gasteiger charge is -2.45. The minimum absolute atomic E-state index is 0.405. The van der Waals surface area contributed by atoms with E-state index in [2.05, 4.69) is 168 Å². The van der Waals surface area contributed by atoms with Gasteiger partial charge in [0, 0.05) is 22.5 Å². The Balaban J connectivity index is 1.42. The van der Waals surface area contributed by atoms with Crippen molar-refractivity contribution in [3.8, 4) is 28.5 Å². The summed E-state index contributed by atoms with van der Waals surface area (Å²) in [6.07, 6.45) is 0. The van der Waals surface area contributed by atoms with Crippen molar-refractivity contribution in [2.75, 3.05) is 4.90 Å². The van der Waals surface area contributed by atoms with E-state index in [0.717, 1.165) is 28.1 Å². The molecule has 0 atom stereocenters. The van der Waals surface area contributed by atoms with E-state index >= 15 is 0 Å². The van der Waals surface area contributed by atoms with Crippen molar-refractivity contribution in [2.45, 2.75) is 0 Å². The first-order chi connectivity index (χ1) is 22.8. The Morgan fingerprint density at radius 3 is 1.50 bits per heavy atom. The number of aromatic nitrogens is 1. The number of pyridine rings is 1. The van der Waals surface area contributed by atoms with Crippen LogP contribution in [0.25, 0.3) is 22.4 Å². The molecule has 4 heteroatoms. The largest absolute Gasteiger partial charge is 0.310 e. The maximum absolute atomic E-state index is 9.59. The molecule has 0 saturated heterocycles. The predicted octanol–water partition coefficient (Wildman–Crippen LogP) is 7.45. The summed E-state index contributed by atoms with van der Waals surface area (Å²) in [4.78, 5) is 7.13. The first-order valence-corrected chi connectivity index (χ1v) is 17.5. The zero-order chi connectivity index (χ0) is 30.9. The second-order valence-electron chi connectivity index (χ2n) is 11.4. The van der Waals surface area contributed by atoms with Crippen molar-refractivity contribution < 1.29 is 0 Å². The van der Waals surface area contributed by atoms with Gasteiger partial charge in [0.25, 0.3) is 0 Å². The zero-order valence-corrected chi connectivity index (χ0v) is 26.1. The van der Waals surface area contributed by atoms with Crippen LogP contribution >= 0.6 is 0 Å². The van der Waals surface area contributed by atoms with Gasteiger partial charge in [0.1, 0.15) is 11.8 Å². The standard InChI is InChI=1S/C42H29N3Si/c43-30-31-16-15-24-37(44-31)35-22-8-7-21-34(35)36-23-9-10-25-38(36)45-39-26-11-13-28-41(39)46(32-17-3-1-4-18-32,33-19-5-2-6-20-33)42-29-14-12-27-40(42)45/h1-29H. The van der Waals surface area contributed by atoms with Gasteiger partial charge < -0.3 is 4.90 Å². The predicted molar refractivity (Wildman–Crippen MR) is 192 cm³/mol. The number of para-hydroxylation sites is 3. The van der Waals surface area contributed by atoms with Crippen LogP contribution in [0.3, 0.4) is 0 Å². The molecule has 46 heavy (non-hydrogen) atoms. The van der Waals surface area contributed by atoms with Crippen LogP contribution in [0, 0.1) is 11.3 Å². The van der Waals surface area contributed by atoms with Crippen molar-refractivity contribution in [3.63, 3.8) is 0 Å². The van der Waals surface area contributed by atoms with E-state index in [1.807, 2.05) is 18.2 Å². The van der Waals surface area contributed by atoms with Gasteiger partial charge in [-0.1, -0.05) is 146 Å². The first-order valence-electron chi connectivity index (χ1n) is 15.5. The molecule has 0 spiro atoms. The van der Waals surface area contributed by atoms with Crippen LogP contribution in [0.15, 0.2) is 176 Å². The molecule has 3 nitrogen and oxygen atoms in total. The number of rotatable bonds is 5. The Hall–Kier alpha value is -6.02. The Morgan fingerprint density at radius 2 is 0.913 bits per heavy atom. The minimum Gasteiger partial charge on any atom is -0.310 e. The van der Waals surface area contributed by atoms with E-state index in [1.54, 1.807) is 6.07 Å². The Bertz CT molecular complexity index is 2150. The van der Waals surface area contributed by atoms with Crippen molar-refractivity contribution in [1.29, 1.82) is 5.26 Å². The summed E-state index contributed by atoms with van der Waals surface area (Å²) in [5, 5.41) is 15.0. The molecule has 0 fully saturated rings. The highest BCUT2D eigenvalue weighted by Crippen LogP contribution is 2.44. The maximum atomic E-state index is 9.59. The van der Waals surface area contributed by atoms with E-state index in [4.69, 9.17) is 0 Å². The van der Waals surface area contributed by atoms with E-state index in [0.29, 0.717) is 5.69 Å². The molecule has 0 radical (unpaired) electrons. The molecule has 7 aromatic rings. The molecule has 0 bridgehead atoms. The third-order valence-corrected chi connectivity index (χ3v) is 13.9. The van der Waals surface area contributed by atoms with Crippen LogP contribution in [-0.2, 0) is 0 Å². The fraction of sp³-hybridized carbons (Fsp3) is 0. The van der Waals surface area contributed by atoms with E-state index < -0.39 is 8.07 Å². The Labute approximate surface area is 270 Å². The lowest BCUT2D eigenvalue weighted by atomic mass is 9.95. The molecule has 0 N–H and O–H groups in total. The van der Waals surface area contributed by atoms with Gasteiger partial charge >= 0.3 is 0 Å². The fourth-order valence-electron chi connectivity index (χ4n) is 7.16. The van der Waals surface area contributed by atoms with Crippen LogP contribution in [0.4, 0.5) is 17.1 Å². The SMILES string of the molecule is N#Cc1cccc(-c2ccccc2-c2ccccc2N2c3ccccc3[Si](c3ccccc3)(c3ccccc3)c3ccccc32)n1. The maximum Gasteiger partial charge on any atom is 0.184 e. The molecular weight excluding hydrogens is 575 g/mol. The topological polar surface area (TPSA) is 39.9 Å². The molecule has 216 valence electrons. The van der Waals surface area contributed by atoms with E-state index in [9.17, 15) is 5.26 Å². The molecule has 0 saturated carbocycles. The highest BCUT2D eigenvalue weighted by Gasteiger charge is 2.48. The summed E-state index contributed by atoms with van der Waals surface area (Å²) >= 11 is 0. The van der Waals surface area contributed by atoms with Crippen molar-refractivity contribution in [2.24, 2.45) is 0 Å². The van der Waals surface area contributed by atoms with Gasteiger partial charge in [-0.2, -0.15) is 5.26 Å². The molecule has 0 unspecified atom stereocenters. The first kappa shape index (κ1) is 27.5. The molecule has 2 heterocycles. The molecular formula is C42H29N3Si. The summed E-state index contributed by atoms with van der Waals surface area (Å²) in [5.41, 5.74) is 7.81. The van der Waals surface area contributed by atoms with Crippen LogP contribution in [0.5, 0.6) is 0 Å². The quantitative estimate of drug-likeness (QED) is 0.192. The third kappa shape index (κ3) is 4.29. The van der Waals surface area contributed by atoms with Crippen LogP contribution in [-0.4, -0.2) is 13.1 Å². The molecule has 1 aromatic heterocycles. The summed E-state index contributed by atoms with van der Waals surface area (Å²) in [7, 11) is -2.70. The molecule has 1 aliphatic heterocycles. The molecule has 1 aliphatic rings. The minimum atomic E-state index is -2.70. The van der Waals surface area contributed by atoms with Gasteiger partial charge in [-0.3, -0.25) is 0 Å². The van der Waals surface area contributed by atoms with Gasteiger partial charge in [0.2, 0.25) is 0 Å². The van der Waals surface area contributed by atoms with Gasteiger partial charge in [0.15, 0.2) is 8.07 Å². The normalized spacial score (nSPS) is 12.9. The summed E-state index contributed by atoms with van der Waals surface area (Å²) in [6.45, 7) is 0. The fourth-order valence-corrected chi connectivity index (χ4v) is 12.3. The lowest BCUT2D eigenvalue weighted by molar-refractivity contribution is 1.26. The summed E-state index contributed by atoms with van der Waals surface area (Å²) in [5.74, 6) is 0. The van der Waals surface area contributed by atoms with E-state index in [1.165, 1.54) is 32.1 Å². The van der Waals surface area contributed by atoms with Crippen LogP contribution in [0.2, 0.25) is 0 Å². The number of benzene rings is 6. The number of nitriles is 1. The number of hydrogen-bond acceptors (Lipinski definition) is 3. The smallest absolute Gasteiger partial charge is 0.184 e. The highest BCUT2D eigenvalue weighted by atomic mass is 28.3. The monoisotopic (exact) mass is 603 g/mol. The van der Waals surface area contributed by atoms with Crippen molar-refractivity contribution >= 4 is 45.9 Å². The molecule has 0 aliphatic carbocycles. The molecule has 8 rings (SSSR count). The summed E-state index contributed by atoms with van der Waals surface area (Å²) in [6, 6.07) is 64.9. The number of anilines is 3. The second kappa shape index (κ2) is 11.5. The zero-order valence-electron chi connectivity index (χ0n) is 25.1. The third-order valence-electron chi connectivity index (χ3n) is 9.01. The Morgan fingerprint density at radius 1 is 0.435 bits per heavy atom. The lowest BCUT2D eigenvalue weighted by Crippen LogP contribution is -2.77. The highest BCUT2D eigenvalue weighted by molar-refractivity contribution is 7.21. The average Bonchev–Trinajstić information content (AvgIpc) is 3.14. The number of fused-ring (bicyclic) bond motifs is 2. The molecule has 6 aromatic carbocycles. The van der Waals surface area contributed by atoms with Crippen LogP contribution < -0.4 is 25.6 Å². The van der Waals surface area contributed by atoms with Gasteiger partial charge in [-0.25, -0.2) is 4.98 Å². The van der Waals surface area contributed by atoms with Gasteiger partial charge in [-0.15, -0.1) is 0 Å². The summed E-state index contributed by atoms with van der Waals surface area (Å²) < 4.78 is 0. The average molecular weight is 604 g/mol. The van der Waals surface area contributed by atoms with E-state index in [-0.39, 0.29) is 0 Å². The van der Waals surface area contributed by atoms with Crippen molar-refractivity contribution in [1.82, 2.24) is 4.98 Å². The van der Waals surface area contributed by atoms with Gasteiger partial charge in [0.05, 0.1) is 11.4 Å². The number of hydrogen-bond donors (Lipinski definition) is 0. The van der Waals surface area contributed by atoms with Crippen LogP contribution in [0.1, 0.15) is 5.69 Å². The molecule has 0 amide bonds. The van der Waals surface area contributed by atoms with Crippen molar-refractivity contribution in [3.05, 3.63) is 182 Å². The number of nitrogens with zero attached hydrogens (tertiary/aromatic N) is 3. The van der Waals surface area contributed by atoms with Gasteiger partial charge in [-0.05, 0) is 56.6 Å². The second-order valence-corrected chi connectivity index (χ2v) is 15.2.